The predicted octanol–water partition coefficient (Wildman–Crippen LogP) is 5.19. The first-order valence-corrected chi connectivity index (χ1v) is 9.34. The maximum absolute atomic E-state index is 12.9. The van der Waals surface area contributed by atoms with E-state index in [1.807, 2.05) is 38.1 Å². The number of esters is 1. The average Bonchev–Trinajstić information content (AvgIpc) is 3.11. The van der Waals surface area contributed by atoms with Crippen molar-refractivity contribution in [1.82, 2.24) is 0 Å². The summed E-state index contributed by atoms with van der Waals surface area (Å²) in [5, 5.41) is 0.639. The van der Waals surface area contributed by atoms with Crippen LogP contribution in [0.4, 0.5) is 0 Å². The number of hydrogen-bond donors (Lipinski definition) is 0. The van der Waals surface area contributed by atoms with E-state index in [4.69, 9.17) is 16.3 Å². The molecule has 0 amide bonds. The number of ether oxygens (including phenoxy) is 1. The van der Waals surface area contributed by atoms with E-state index in [0.717, 1.165) is 42.4 Å². The molecule has 1 aliphatic carbocycles. The van der Waals surface area contributed by atoms with Gasteiger partial charge in [-0.2, -0.15) is 0 Å². The zero-order chi connectivity index (χ0) is 18.7. The summed E-state index contributed by atoms with van der Waals surface area (Å²) in [5.74, 6) is -0.476. The van der Waals surface area contributed by atoms with Crippen LogP contribution in [0.5, 0.6) is 0 Å². The van der Waals surface area contributed by atoms with Gasteiger partial charge in [-0.15, -0.1) is 0 Å². The molecule has 136 valence electrons. The lowest BCUT2D eigenvalue weighted by atomic mass is 9.79. The molecule has 1 saturated carbocycles. The van der Waals surface area contributed by atoms with Gasteiger partial charge >= 0.3 is 5.97 Å². The summed E-state index contributed by atoms with van der Waals surface area (Å²) in [5.41, 5.74) is 2.87. The molecule has 3 nitrogen and oxygen atoms in total. The van der Waals surface area contributed by atoms with Crippen LogP contribution in [0.3, 0.4) is 0 Å². The minimum absolute atomic E-state index is 0.167. The number of hydrogen-bond acceptors (Lipinski definition) is 3. The molecule has 0 N–H and O–H groups in total. The number of rotatable bonds is 5. The zero-order valence-electron chi connectivity index (χ0n) is 15.2. The van der Waals surface area contributed by atoms with Crippen molar-refractivity contribution in [3.8, 4) is 0 Å². The van der Waals surface area contributed by atoms with Crippen LogP contribution in [0, 0.1) is 13.8 Å². The van der Waals surface area contributed by atoms with Gasteiger partial charge in [-0.3, -0.25) is 9.59 Å². The van der Waals surface area contributed by atoms with Crippen LogP contribution in [0.2, 0.25) is 5.02 Å². The Kier molecular flexibility index (Phi) is 5.47. The lowest BCUT2D eigenvalue weighted by molar-refractivity contribution is -0.149. The second-order valence-corrected chi connectivity index (χ2v) is 7.55. The van der Waals surface area contributed by atoms with Gasteiger partial charge in [-0.25, -0.2) is 0 Å². The second-order valence-electron chi connectivity index (χ2n) is 7.11. The Morgan fingerprint density at radius 1 is 1.04 bits per heavy atom. The molecule has 26 heavy (non-hydrogen) atoms. The van der Waals surface area contributed by atoms with E-state index in [0.29, 0.717) is 10.6 Å². The third-order valence-corrected chi connectivity index (χ3v) is 5.51. The van der Waals surface area contributed by atoms with Gasteiger partial charge in [0.25, 0.3) is 0 Å². The monoisotopic (exact) mass is 370 g/mol. The summed E-state index contributed by atoms with van der Waals surface area (Å²) < 4.78 is 5.49. The molecule has 1 aliphatic rings. The van der Waals surface area contributed by atoms with Crippen molar-refractivity contribution in [2.45, 2.75) is 44.9 Å². The van der Waals surface area contributed by atoms with Gasteiger partial charge in [0.1, 0.15) is 0 Å². The smallest absolute Gasteiger partial charge is 0.317 e. The van der Waals surface area contributed by atoms with E-state index in [1.54, 1.807) is 18.2 Å². The van der Waals surface area contributed by atoms with Crippen LogP contribution in [-0.4, -0.2) is 18.4 Å². The first-order chi connectivity index (χ1) is 12.4. The molecule has 0 aliphatic heterocycles. The molecule has 0 radical (unpaired) electrons. The minimum atomic E-state index is -0.660. The number of halogens is 1. The van der Waals surface area contributed by atoms with E-state index >= 15 is 0 Å². The summed E-state index contributed by atoms with van der Waals surface area (Å²) in [6, 6.07) is 13.0. The number of ketones is 1. The third-order valence-electron chi connectivity index (χ3n) is 5.26. The molecule has 0 saturated heterocycles. The fraction of sp³-hybridized carbons (Fsp3) is 0.364. The molecule has 0 unspecified atom stereocenters. The maximum Gasteiger partial charge on any atom is 0.317 e. The van der Waals surface area contributed by atoms with Gasteiger partial charge in [-0.1, -0.05) is 60.3 Å². The largest absolute Gasteiger partial charge is 0.457 e. The molecule has 0 bridgehead atoms. The van der Waals surface area contributed by atoms with Crippen LogP contribution in [-0.2, 0) is 14.9 Å². The Labute approximate surface area is 159 Å². The Morgan fingerprint density at radius 2 is 1.69 bits per heavy atom. The standard InChI is InChI=1S/C22H23ClO3/c1-15-5-10-19(16(2)13-15)20(24)14-26-21(25)22(11-3-4-12-22)17-6-8-18(23)9-7-17/h5-10,13H,3-4,11-12,14H2,1-2H3. The molecular formula is C22H23ClO3. The molecule has 0 atom stereocenters. The van der Waals surface area contributed by atoms with Crippen molar-refractivity contribution in [2.75, 3.05) is 6.61 Å². The SMILES string of the molecule is Cc1ccc(C(=O)COC(=O)C2(c3ccc(Cl)cc3)CCCC2)c(C)c1. The van der Waals surface area contributed by atoms with Crippen LogP contribution in [0.25, 0.3) is 0 Å². The highest BCUT2D eigenvalue weighted by Crippen LogP contribution is 2.42. The van der Waals surface area contributed by atoms with E-state index < -0.39 is 5.41 Å². The van der Waals surface area contributed by atoms with Crippen molar-refractivity contribution in [2.24, 2.45) is 0 Å². The van der Waals surface area contributed by atoms with Gasteiger partial charge in [0.2, 0.25) is 5.78 Å². The van der Waals surface area contributed by atoms with E-state index in [1.165, 1.54) is 0 Å². The van der Waals surface area contributed by atoms with Crippen molar-refractivity contribution in [1.29, 1.82) is 0 Å². The molecular weight excluding hydrogens is 348 g/mol. The number of benzene rings is 2. The summed E-state index contributed by atoms with van der Waals surface area (Å²) >= 11 is 5.98. The highest BCUT2D eigenvalue weighted by molar-refractivity contribution is 6.30. The Hall–Kier alpha value is -2.13. The van der Waals surface area contributed by atoms with Crippen molar-refractivity contribution < 1.29 is 14.3 Å². The van der Waals surface area contributed by atoms with Crippen molar-refractivity contribution >= 4 is 23.4 Å². The second kappa shape index (κ2) is 7.63. The number of Topliss-reactive ketones (excluding diaryl/α,β-unsaturated/α-hetero) is 1. The van der Waals surface area contributed by atoms with Gasteiger partial charge in [0, 0.05) is 10.6 Å². The summed E-state index contributed by atoms with van der Waals surface area (Å²) in [6.07, 6.45) is 3.43. The summed E-state index contributed by atoms with van der Waals surface area (Å²) in [7, 11) is 0. The van der Waals surface area contributed by atoms with Crippen LogP contribution < -0.4 is 0 Å². The Bertz CT molecular complexity index is 818. The molecule has 0 spiro atoms. The molecule has 3 rings (SSSR count). The Balaban J connectivity index is 1.75. The third kappa shape index (κ3) is 3.68. The van der Waals surface area contributed by atoms with Crippen LogP contribution in [0.1, 0.15) is 52.7 Å². The molecule has 2 aromatic rings. The lowest BCUT2D eigenvalue weighted by Crippen LogP contribution is -2.35. The average molecular weight is 371 g/mol. The number of carbonyl (C=O) groups is 2. The molecule has 2 aromatic carbocycles. The van der Waals surface area contributed by atoms with Crippen LogP contribution >= 0.6 is 11.6 Å². The number of carbonyl (C=O) groups excluding carboxylic acids is 2. The molecule has 0 aromatic heterocycles. The normalized spacial score (nSPS) is 15.7. The highest BCUT2D eigenvalue weighted by Gasteiger charge is 2.44. The lowest BCUT2D eigenvalue weighted by Gasteiger charge is -2.27. The Morgan fingerprint density at radius 3 is 2.31 bits per heavy atom. The van der Waals surface area contributed by atoms with Gasteiger partial charge < -0.3 is 4.74 Å². The van der Waals surface area contributed by atoms with Gasteiger partial charge in [0.05, 0.1) is 5.41 Å². The fourth-order valence-electron chi connectivity index (χ4n) is 3.83. The number of aryl methyl sites for hydroxylation is 2. The van der Waals surface area contributed by atoms with Gasteiger partial charge in [0.15, 0.2) is 6.61 Å². The molecule has 0 heterocycles. The topological polar surface area (TPSA) is 43.4 Å². The molecule has 4 heteroatoms. The first-order valence-electron chi connectivity index (χ1n) is 8.96. The maximum atomic E-state index is 12.9. The predicted molar refractivity (Wildman–Crippen MR) is 103 cm³/mol. The van der Waals surface area contributed by atoms with Crippen molar-refractivity contribution in [3.05, 3.63) is 69.7 Å². The van der Waals surface area contributed by atoms with Crippen molar-refractivity contribution in [3.63, 3.8) is 0 Å². The fourth-order valence-corrected chi connectivity index (χ4v) is 3.96. The zero-order valence-corrected chi connectivity index (χ0v) is 15.9. The van der Waals surface area contributed by atoms with E-state index in [-0.39, 0.29) is 18.4 Å². The van der Waals surface area contributed by atoms with Gasteiger partial charge in [-0.05, 0) is 49.9 Å². The summed E-state index contributed by atoms with van der Waals surface area (Å²) in [6.45, 7) is 3.66. The first kappa shape index (κ1) is 18.7. The minimum Gasteiger partial charge on any atom is -0.457 e. The quantitative estimate of drug-likeness (QED) is 0.537. The van der Waals surface area contributed by atoms with E-state index in [2.05, 4.69) is 0 Å². The summed E-state index contributed by atoms with van der Waals surface area (Å²) in [4.78, 5) is 25.4. The van der Waals surface area contributed by atoms with E-state index in [9.17, 15) is 9.59 Å². The van der Waals surface area contributed by atoms with Crippen LogP contribution in [0.15, 0.2) is 42.5 Å². The molecule has 1 fully saturated rings. The highest BCUT2D eigenvalue weighted by atomic mass is 35.5.